The maximum Gasteiger partial charge on any atom is 0.232 e. The summed E-state index contributed by atoms with van der Waals surface area (Å²) in [5.41, 5.74) is -1.15. The zero-order valence-corrected chi connectivity index (χ0v) is 12.5. The lowest BCUT2D eigenvalue weighted by molar-refractivity contribution is -0.155. The van der Waals surface area contributed by atoms with Gasteiger partial charge in [0.05, 0.1) is 11.0 Å². The number of likely N-dealkylation sites (tertiary alicyclic amines) is 1. The van der Waals surface area contributed by atoms with Crippen LogP contribution in [0.25, 0.3) is 0 Å². The van der Waals surface area contributed by atoms with E-state index in [4.69, 9.17) is 0 Å². The summed E-state index contributed by atoms with van der Waals surface area (Å²) in [5.74, 6) is 0.301. The molecule has 4 aliphatic rings. The van der Waals surface area contributed by atoms with Crippen molar-refractivity contribution >= 4 is 5.91 Å². The number of aliphatic hydroxyl groups is 1. The zero-order chi connectivity index (χ0) is 14.0. The van der Waals surface area contributed by atoms with E-state index < -0.39 is 11.0 Å². The molecule has 4 rings (SSSR count). The van der Waals surface area contributed by atoms with Crippen molar-refractivity contribution < 1.29 is 9.90 Å². The number of nitrogens with zero attached hydrogens (tertiary/aromatic N) is 2. The van der Waals surface area contributed by atoms with Crippen LogP contribution in [0.1, 0.15) is 51.4 Å². The van der Waals surface area contributed by atoms with Gasteiger partial charge in [-0.25, -0.2) is 0 Å². The molecule has 1 saturated carbocycles. The fourth-order valence-electron chi connectivity index (χ4n) is 4.96. The molecular formula is C16H26N2O2. The fourth-order valence-corrected chi connectivity index (χ4v) is 4.96. The first-order valence-corrected chi connectivity index (χ1v) is 8.29. The Bertz CT molecular complexity index is 404. The van der Waals surface area contributed by atoms with E-state index in [-0.39, 0.29) is 0 Å². The van der Waals surface area contributed by atoms with Gasteiger partial charge in [0, 0.05) is 25.2 Å². The Balaban J connectivity index is 1.56. The molecule has 0 spiro atoms. The second-order valence-corrected chi connectivity index (χ2v) is 7.59. The summed E-state index contributed by atoms with van der Waals surface area (Å²) >= 11 is 0. The number of amides is 1. The Morgan fingerprint density at radius 1 is 1.00 bits per heavy atom. The van der Waals surface area contributed by atoms with Gasteiger partial charge in [0.2, 0.25) is 5.91 Å². The van der Waals surface area contributed by atoms with Gasteiger partial charge in [-0.05, 0) is 58.4 Å². The number of hydrogen-bond donors (Lipinski definition) is 1. The van der Waals surface area contributed by atoms with E-state index in [0.29, 0.717) is 18.0 Å². The molecule has 1 amide bonds. The lowest BCUT2D eigenvalue weighted by atomic mass is 9.75. The summed E-state index contributed by atoms with van der Waals surface area (Å²) in [6, 6.07) is 0.972. The predicted molar refractivity (Wildman–Crippen MR) is 76.2 cm³/mol. The van der Waals surface area contributed by atoms with Crippen LogP contribution >= 0.6 is 0 Å². The van der Waals surface area contributed by atoms with Crippen molar-refractivity contribution in [3.05, 3.63) is 0 Å². The molecule has 1 aliphatic carbocycles. The van der Waals surface area contributed by atoms with E-state index in [1.54, 1.807) is 0 Å². The minimum Gasteiger partial charge on any atom is -0.389 e. The van der Waals surface area contributed by atoms with Crippen LogP contribution in [0.2, 0.25) is 0 Å². The third kappa shape index (κ3) is 1.64. The van der Waals surface area contributed by atoms with Gasteiger partial charge in [0.1, 0.15) is 0 Å². The molecular weight excluding hydrogens is 252 g/mol. The zero-order valence-electron chi connectivity index (χ0n) is 12.5. The van der Waals surface area contributed by atoms with Gasteiger partial charge in [-0.2, -0.15) is 0 Å². The van der Waals surface area contributed by atoms with E-state index >= 15 is 0 Å². The largest absolute Gasteiger partial charge is 0.389 e. The minimum atomic E-state index is -0.737. The number of fused-ring (bicyclic) bond motifs is 2. The first kappa shape index (κ1) is 13.1. The summed E-state index contributed by atoms with van der Waals surface area (Å²) < 4.78 is 0. The topological polar surface area (TPSA) is 43.8 Å². The van der Waals surface area contributed by atoms with Crippen molar-refractivity contribution in [2.75, 3.05) is 20.1 Å². The normalized spacial score (nSPS) is 38.2. The summed E-state index contributed by atoms with van der Waals surface area (Å²) in [7, 11) is 2.10. The molecule has 0 unspecified atom stereocenters. The highest BCUT2D eigenvalue weighted by atomic mass is 16.3. The van der Waals surface area contributed by atoms with Crippen LogP contribution in [0.5, 0.6) is 0 Å². The Morgan fingerprint density at radius 2 is 1.50 bits per heavy atom. The van der Waals surface area contributed by atoms with Crippen molar-refractivity contribution in [1.29, 1.82) is 0 Å². The van der Waals surface area contributed by atoms with Crippen molar-refractivity contribution in [3.63, 3.8) is 0 Å². The van der Waals surface area contributed by atoms with Crippen molar-refractivity contribution in [1.82, 2.24) is 9.80 Å². The Morgan fingerprint density at radius 3 is 1.95 bits per heavy atom. The fraction of sp³-hybridized carbons (Fsp3) is 0.938. The van der Waals surface area contributed by atoms with Crippen molar-refractivity contribution in [2.45, 2.75) is 69.1 Å². The summed E-state index contributed by atoms with van der Waals surface area (Å²) in [6.07, 6.45) is 8.09. The molecule has 3 saturated heterocycles. The van der Waals surface area contributed by atoms with Crippen LogP contribution < -0.4 is 0 Å². The van der Waals surface area contributed by atoms with E-state index in [9.17, 15) is 9.90 Å². The molecule has 4 heteroatoms. The highest BCUT2D eigenvalue weighted by molar-refractivity contribution is 5.88. The molecule has 2 bridgehead atoms. The number of piperidine rings is 1. The van der Waals surface area contributed by atoms with Gasteiger partial charge in [-0.15, -0.1) is 0 Å². The lowest BCUT2D eigenvalue weighted by Crippen LogP contribution is -2.55. The molecule has 4 fully saturated rings. The maximum atomic E-state index is 13.1. The molecule has 3 aliphatic heterocycles. The van der Waals surface area contributed by atoms with Crippen molar-refractivity contribution in [3.8, 4) is 0 Å². The molecule has 0 aromatic rings. The van der Waals surface area contributed by atoms with Gasteiger partial charge in [0.25, 0.3) is 0 Å². The van der Waals surface area contributed by atoms with Gasteiger partial charge in [0.15, 0.2) is 0 Å². The highest BCUT2D eigenvalue weighted by Crippen LogP contribution is 2.60. The second-order valence-electron chi connectivity index (χ2n) is 7.59. The van der Waals surface area contributed by atoms with Gasteiger partial charge in [-0.3, -0.25) is 4.79 Å². The molecule has 0 aromatic heterocycles. The van der Waals surface area contributed by atoms with Crippen LogP contribution in [0, 0.1) is 5.41 Å². The number of carbonyl (C=O) groups excluding carboxylic acids is 1. The van der Waals surface area contributed by atoms with Crippen LogP contribution in [-0.2, 0) is 4.79 Å². The average molecular weight is 278 g/mol. The van der Waals surface area contributed by atoms with Crippen LogP contribution in [0.15, 0.2) is 0 Å². The molecule has 0 radical (unpaired) electrons. The van der Waals surface area contributed by atoms with E-state index in [0.717, 1.165) is 38.8 Å². The predicted octanol–water partition coefficient (Wildman–Crippen LogP) is 1.38. The SMILES string of the molecule is CN1CCC(O)(C2(C(=O)N3C4CCC3CC4)CC2)CC1. The summed E-state index contributed by atoms with van der Waals surface area (Å²) in [6.45, 7) is 1.83. The number of hydrogen-bond acceptors (Lipinski definition) is 3. The first-order chi connectivity index (χ1) is 9.56. The number of carbonyl (C=O) groups is 1. The van der Waals surface area contributed by atoms with Crippen LogP contribution in [-0.4, -0.2) is 58.6 Å². The molecule has 20 heavy (non-hydrogen) atoms. The standard InChI is InChI=1S/C16H26N2O2/c1-17-10-8-16(20,9-11-17)15(6-7-15)14(19)18-12-2-3-13(18)5-4-12/h12-13,20H,2-11H2,1H3. The third-order valence-corrected chi connectivity index (χ3v) is 6.55. The van der Waals surface area contributed by atoms with Crippen LogP contribution in [0.3, 0.4) is 0 Å². The van der Waals surface area contributed by atoms with Gasteiger partial charge < -0.3 is 14.9 Å². The monoisotopic (exact) mass is 278 g/mol. The maximum absolute atomic E-state index is 13.1. The van der Waals surface area contributed by atoms with E-state index in [1.807, 2.05) is 0 Å². The van der Waals surface area contributed by atoms with Crippen molar-refractivity contribution in [2.24, 2.45) is 5.41 Å². The second kappa shape index (κ2) is 4.20. The number of rotatable bonds is 2. The summed E-state index contributed by atoms with van der Waals surface area (Å²) in [4.78, 5) is 17.6. The smallest absolute Gasteiger partial charge is 0.232 e. The molecule has 1 N–H and O–H groups in total. The van der Waals surface area contributed by atoms with Crippen LogP contribution in [0.4, 0.5) is 0 Å². The molecule has 112 valence electrons. The highest BCUT2D eigenvalue weighted by Gasteiger charge is 2.66. The minimum absolute atomic E-state index is 0.301. The van der Waals surface area contributed by atoms with Gasteiger partial charge >= 0.3 is 0 Å². The van der Waals surface area contributed by atoms with E-state index in [2.05, 4.69) is 16.8 Å². The molecule has 0 aromatic carbocycles. The van der Waals surface area contributed by atoms with E-state index in [1.165, 1.54) is 25.7 Å². The average Bonchev–Trinajstić information content (AvgIpc) is 3.07. The van der Waals surface area contributed by atoms with Gasteiger partial charge in [-0.1, -0.05) is 0 Å². The quantitative estimate of drug-likeness (QED) is 0.830. The molecule has 3 heterocycles. The Hall–Kier alpha value is -0.610. The lowest BCUT2D eigenvalue weighted by Gasteiger charge is -2.43. The summed E-state index contributed by atoms with van der Waals surface area (Å²) in [5, 5.41) is 11.1. The first-order valence-electron chi connectivity index (χ1n) is 8.29. The molecule has 0 atom stereocenters. The molecule has 4 nitrogen and oxygen atoms in total. The third-order valence-electron chi connectivity index (χ3n) is 6.55. The Kier molecular flexibility index (Phi) is 2.75. The Labute approximate surface area is 121 Å².